The van der Waals surface area contributed by atoms with Crippen LogP contribution >= 0.6 is 0 Å². The van der Waals surface area contributed by atoms with Crippen LogP contribution in [0.5, 0.6) is 0 Å². The second kappa shape index (κ2) is 6.53. The van der Waals surface area contributed by atoms with Crippen LogP contribution in [0.4, 0.5) is 4.79 Å². The molecule has 1 atom stereocenters. The number of nitrogens with one attached hydrogen (secondary N) is 1. The van der Waals surface area contributed by atoms with Gasteiger partial charge in [0.25, 0.3) is 0 Å². The predicted octanol–water partition coefficient (Wildman–Crippen LogP) is 2.28. The summed E-state index contributed by atoms with van der Waals surface area (Å²) in [5, 5.41) is 13.5. The fraction of sp³-hybridized carbons (Fsp3) is 0.938. The Morgan fingerprint density at radius 1 is 1.33 bits per heavy atom. The summed E-state index contributed by atoms with van der Waals surface area (Å²) in [6, 6.07) is 0.132. The maximum Gasteiger partial charge on any atom is 0.407 e. The summed E-state index contributed by atoms with van der Waals surface area (Å²) in [7, 11) is 0. The number of β-amino-alcohol motifs (C(OH)–C–C–N with tert-alkyl or cyclic N) is 1. The molecule has 1 saturated carbocycles. The minimum atomic E-state index is -0.515. The third-order valence-corrected chi connectivity index (χ3v) is 4.30. The molecule has 0 aromatic carbocycles. The standard InChI is InChI=1S/C16H30N2O3/c1-15(2,3)21-14(19)17-13-7-10-18(11-13)12-16(20)8-5-4-6-9-16/h13,20H,4-12H2,1-3H3,(H,17,19). The SMILES string of the molecule is CC(C)(C)OC(=O)NC1CCN(CC2(O)CCCCC2)C1. The van der Waals surface area contributed by atoms with Gasteiger partial charge in [0.2, 0.25) is 0 Å². The summed E-state index contributed by atoms with van der Waals surface area (Å²) in [5.41, 5.74) is -0.974. The van der Waals surface area contributed by atoms with Gasteiger partial charge in [-0.2, -0.15) is 0 Å². The van der Waals surface area contributed by atoms with Gasteiger partial charge in [-0.3, -0.25) is 4.90 Å². The van der Waals surface area contributed by atoms with Crippen LogP contribution in [0.25, 0.3) is 0 Å². The van der Waals surface area contributed by atoms with Crippen molar-refractivity contribution >= 4 is 6.09 Å². The number of aliphatic hydroxyl groups is 1. The average molecular weight is 298 g/mol. The van der Waals surface area contributed by atoms with E-state index in [0.717, 1.165) is 51.7 Å². The quantitative estimate of drug-likeness (QED) is 0.839. The molecule has 2 aliphatic rings. The largest absolute Gasteiger partial charge is 0.444 e. The molecule has 1 aliphatic heterocycles. The van der Waals surface area contributed by atoms with Crippen molar-refractivity contribution in [1.29, 1.82) is 0 Å². The van der Waals surface area contributed by atoms with Gasteiger partial charge >= 0.3 is 6.09 Å². The second-order valence-electron chi connectivity index (χ2n) is 7.65. The number of ether oxygens (including phenoxy) is 1. The average Bonchev–Trinajstić information content (AvgIpc) is 2.73. The maximum absolute atomic E-state index is 11.8. The molecule has 21 heavy (non-hydrogen) atoms. The lowest BCUT2D eigenvalue weighted by atomic mass is 9.84. The molecule has 2 rings (SSSR count). The van der Waals surface area contributed by atoms with Crippen LogP contribution in [0.3, 0.4) is 0 Å². The van der Waals surface area contributed by atoms with Crippen LogP contribution in [0.1, 0.15) is 59.3 Å². The van der Waals surface area contributed by atoms with Crippen molar-refractivity contribution in [2.75, 3.05) is 19.6 Å². The molecule has 0 aromatic rings. The molecule has 1 unspecified atom stereocenters. The Kier molecular flexibility index (Phi) is 5.15. The summed E-state index contributed by atoms with van der Waals surface area (Å²) in [6.45, 7) is 8.08. The van der Waals surface area contributed by atoms with Gasteiger partial charge in [-0.15, -0.1) is 0 Å². The van der Waals surface area contributed by atoms with E-state index in [9.17, 15) is 9.90 Å². The van der Waals surface area contributed by atoms with E-state index in [0.29, 0.717) is 0 Å². The number of likely N-dealkylation sites (tertiary alicyclic amines) is 1. The van der Waals surface area contributed by atoms with E-state index in [1.54, 1.807) is 0 Å². The topological polar surface area (TPSA) is 61.8 Å². The van der Waals surface area contributed by atoms with Gasteiger partial charge in [-0.1, -0.05) is 19.3 Å². The summed E-state index contributed by atoms with van der Waals surface area (Å²) < 4.78 is 5.29. The lowest BCUT2D eigenvalue weighted by Crippen LogP contribution is -2.45. The Balaban J connectivity index is 1.74. The molecule has 2 fully saturated rings. The number of hydrogen-bond acceptors (Lipinski definition) is 4. The van der Waals surface area contributed by atoms with Crippen molar-refractivity contribution in [3.8, 4) is 0 Å². The monoisotopic (exact) mass is 298 g/mol. The van der Waals surface area contributed by atoms with Crippen LogP contribution in [0.2, 0.25) is 0 Å². The van der Waals surface area contributed by atoms with Gasteiger partial charge in [0.15, 0.2) is 0 Å². The molecule has 0 aromatic heterocycles. The molecule has 5 nitrogen and oxygen atoms in total. The minimum Gasteiger partial charge on any atom is -0.444 e. The van der Waals surface area contributed by atoms with Crippen LogP contribution in [0.15, 0.2) is 0 Å². The van der Waals surface area contributed by atoms with E-state index < -0.39 is 11.2 Å². The number of alkyl carbamates (subject to hydrolysis) is 1. The maximum atomic E-state index is 11.8. The second-order valence-corrected chi connectivity index (χ2v) is 7.65. The summed E-state index contributed by atoms with van der Waals surface area (Å²) in [4.78, 5) is 14.0. The molecule has 1 heterocycles. The van der Waals surface area contributed by atoms with Gasteiger partial charge < -0.3 is 15.2 Å². The van der Waals surface area contributed by atoms with Crippen molar-refractivity contribution in [2.24, 2.45) is 0 Å². The van der Waals surface area contributed by atoms with Gasteiger partial charge in [-0.05, 0) is 40.0 Å². The number of amides is 1. The van der Waals surface area contributed by atoms with E-state index in [2.05, 4.69) is 10.2 Å². The Labute approximate surface area is 128 Å². The van der Waals surface area contributed by atoms with Gasteiger partial charge in [0.05, 0.1) is 5.60 Å². The van der Waals surface area contributed by atoms with Gasteiger partial charge in [-0.25, -0.2) is 4.79 Å². The van der Waals surface area contributed by atoms with E-state index in [-0.39, 0.29) is 12.1 Å². The molecule has 0 bridgehead atoms. The molecule has 2 N–H and O–H groups in total. The highest BCUT2D eigenvalue weighted by Gasteiger charge is 2.34. The molecular formula is C16H30N2O3. The lowest BCUT2D eigenvalue weighted by Gasteiger charge is -2.35. The highest BCUT2D eigenvalue weighted by molar-refractivity contribution is 5.68. The Morgan fingerprint density at radius 2 is 2.00 bits per heavy atom. The minimum absolute atomic E-state index is 0.132. The van der Waals surface area contributed by atoms with Gasteiger partial charge in [0, 0.05) is 25.7 Å². The van der Waals surface area contributed by atoms with Crippen LogP contribution in [-0.2, 0) is 4.74 Å². The number of carbonyl (C=O) groups excluding carboxylic acids is 1. The van der Waals surface area contributed by atoms with Crippen molar-refractivity contribution in [2.45, 2.75) is 76.5 Å². The fourth-order valence-corrected chi connectivity index (χ4v) is 3.35. The fourth-order valence-electron chi connectivity index (χ4n) is 3.35. The first-order valence-electron chi connectivity index (χ1n) is 8.20. The zero-order valence-electron chi connectivity index (χ0n) is 13.7. The summed E-state index contributed by atoms with van der Waals surface area (Å²) >= 11 is 0. The van der Waals surface area contributed by atoms with E-state index in [1.165, 1.54) is 6.42 Å². The summed E-state index contributed by atoms with van der Waals surface area (Å²) in [5.74, 6) is 0. The molecule has 5 heteroatoms. The highest BCUT2D eigenvalue weighted by atomic mass is 16.6. The number of carbonyl (C=O) groups is 1. The van der Waals surface area contributed by atoms with Gasteiger partial charge in [0.1, 0.15) is 5.60 Å². The Hall–Kier alpha value is -0.810. The zero-order valence-corrected chi connectivity index (χ0v) is 13.7. The Bertz CT molecular complexity index is 359. The zero-order chi connectivity index (χ0) is 15.5. The van der Waals surface area contributed by atoms with Crippen molar-refractivity contribution < 1.29 is 14.6 Å². The third kappa shape index (κ3) is 5.47. The first-order valence-corrected chi connectivity index (χ1v) is 8.20. The molecule has 0 spiro atoms. The number of nitrogens with zero attached hydrogens (tertiary/aromatic N) is 1. The van der Waals surface area contributed by atoms with E-state index in [4.69, 9.17) is 4.74 Å². The van der Waals surface area contributed by atoms with E-state index >= 15 is 0 Å². The molecule has 1 amide bonds. The molecular weight excluding hydrogens is 268 g/mol. The molecule has 122 valence electrons. The van der Waals surface area contributed by atoms with Crippen molar-refractivity contribution in [3.05, 3.63) is 0 Å². The highest BCUT2D eigenvalue weighted by Crippen LogP contribution is 2.29. The summed E-state index contributed by atoms with van der Waals surface area (Å²) in [6.07, 6.45) is 5.90. The molecule has 1 aliphatic carbocycles. The Morgan fingerprint density at radius 3 is 2.62 bits per heavy atom. The first kappa shape index (κ1) is 16.6. The van der Waals surface area contributed by atoms with Crippen LogP contribution < -0.4 is 5.32 Å². The number of hydrogen-bond donors (Lipinski definition) is 2. The first-order chi connectivity index (χ1) is 9.76. The van der Waals surface area contributed by atoms with E-state index in [1.807, 2.05) is 20.8 Å². The predicted molar refractivity (Wildman–Crippen MR) is 82.2 cm³/mol. The normalized spacial score (nSPS) is 26.6. The smallest absolute Gasteiger partial charge is 0.407 e. The van der Waals surface area contributed by atoms with Crippen molar-refractivity contribution in [3.63, 3.8) is 0 Å². The third-order valence-electron chi connectivity index (χ3n) is 4.30. The van der Waals surface area contributed by atoms with Crippen LogP contribution in [-0.4, -0.2) is 53.0 Å². The molecule has 1 saturated heterocycles. The lowest BCUT2D eigenvalue weighted by molar-refractivity contribution is -0.0217. The van der Waals surface area contributed by atoms with Crippen molar-refractivity contribution in [1.82, 2.24) is 10.2 Å². The molecule has 0 radical (unpaired) electrons. The number of rotatable bonds is 3. The van der Waals surface area contributed by atoms with Crippen LogP contribution in [0, 0.1) is 0 Å².